The molecule has 0 saturated carbocycles. The highest BCUT2D eigenvalue weighted by Gasteiger charge is 2.27. The zero-order valence-electron chi connectivity index (χ0n) is 31.4. The van der Waals surface area contributed by atoms with E-state index in [1.165, 1.54) is 82.1 Å². The maximum Gasteiger partial charge on any atom is 0.311 e. The predicted octanol–water partition coefficient (Wildman–Crippen LogP) is 12.4. The number of nitro groups is 1. The van der Waals surface area contributed by atoms with Crippen molar-refractivity contribution in [2.45, 2.75) is 105 Å². The van der Waals surface area contributed by atoms with Crippen molar-refractivity contribution in [1.29, 1.82) is 0 Å². The highest BCUT2D eigenvalue weighted by Crippen LogP contribution is 2.37. The third-order valence-corrected chi connectivity index (χ3v) is 9.13. The number of non-ortho nitro benzene ring substituents is 1. The molecule has 3 rings (SSSR count). The number of ether oxygens (including phenoxy) is 2. The van der Waals surface area contributed by atoms with Crippen molar-refractivity contribution < 1.29 is 19.2 Å². The summed E-state index contributed by atoms with van der Waals surface area (Å²) in [5, 5.41) is 28.4. The summed E-state index contributed by atoms with van der Waals surface area (Å²) in [7, 11) is 1.54. The molecule has 0 saturated heterocycles. The number of nitrogens with zero attached hydrogens (tertiary/aromatic N) is 6. The van der Waals surface area contributed by atoms with Gasteiger partial charge in [0, 0.05) is 30.4 Å². The quantitative estimate of drug-likeness (QED) is 0.0318. The van der Waals surface area contributed by atoms with Crippen LogP contribution in [-0.2, 0) is 9.53 Å². The van der Waals surface area contributed by atoms with E-state index < -0.39 is 10.3 Å². The molecule has 0 amide bonds. The first kappa shape index (κ1) is 40.8. The molecule has 11 nitrogen and oxygen atoms in total. The lowest BCUT2D eigenvalue weighted by molar-refractivity contribution is -0.384. The monoisotopic (exact) mass is 700 g/mol. The first-order chi connectivity index (χ1) is 24.6. The fourth-order valence-corrected chi connectivity index (χ4v) is 5.35. The van der Waals surface area contributed by atoms with Crippen molar-refractivity contribution >= 4 is 40.1 Å². The highest BCUT2D eigenvalue weighted by atomic mass is 16.6. The van der Waals surface area contributed by atoms with Crippen molar-refractivity contribution in [3.63, 3.8) is 0 Å². The fourth-order valence-electron chi connectivity index (χ4n) is 5.35. The van der Waals surface area contributed by atoms with Crippen LogP contribution in [-0.4, -0.2) is 37.7 Å². The number of anilines is 1. The largest absolute Gasteiger partial charge is 0.494 e. The normalized spacial score (nSPS) is 11.7. The SMILES string of the molecule is CCCCCCCCCCCCN(CCOC(=O)C(C)(C)CC)c1ccc(/N=N/c2cc(OC)c(/N=N/c3ccc([N+](=O)[O-])cc3)cc2C)cc1. The molecule has 276 valence electrons. The number of esters is 1. The van der Waals surface area contributed by atoms with Crippen LogP contribution in [0.5, 0.6) is 5.75 Å². The number of nitro benzene ring substituents is 1. The van der Waals surface area contributed by atoms with Gasteiger partial charge >= 0.3 is 5.97 Å². The van der Waals surface area contributed by atoms with Gasteiger partial charge in [-0.3, -0.25) is 14.9 Å². The average Bonchev–Trinajstić information content (AvgIpc) is 3.13. The minimum Gasteiger partial charge on any atom is -0.494 e. The Morgan fingerprint density at radius 2 is 1.31 bits per heavy atom. The maximum atomic E-state index is 12.6. The Kier molecular flexibility index (Phi) is 17.2. The maximum absolute atomic E-state index is 12.6. The standard InChI is InChI=1S/C40H56N6O5/c1-7-9-10-11-12-13-14-15-16-17-26-45(27-28-51-39(47)40(4,5)8-2)34-22-18-32(19-23-34)41-43-36-30-38(50-6)37(29-31(36)3)44-42-33-20-24-35(25-21-33)46(48)49/h18-25,29-30H,7-17,26-28H2,1-6H3/b43-41+,44-42+. The van der Waals surface area contributed by atoms with Crippen molar-refractivity contribution in [2.75, 3.05) is 31.7 Å². The van der Waals surface area contributed by atoms with Gasteiger partial charge in [-0.2, -0.15) is 15.3 Å². The van der Waals surface area contributed by atoms with Crippen LogP contribution in [0.2, 0.25) is 0 Å². The van der Waals surface area contributed by atoms with E-state index in [1.54, 1.807) is 13.2 Å². The average molecular weight is 701 g/mol. The molecule has 0 unspecified atom stereocenters. The second-order valence-corrected chi connectivity index (χ2v) is 13.5. The Balaban J connectivity index is 1.64. The number of carbonyl (C=O) groups excluding carboxylic acids is 1. The summed E-state index contributed by atoms with van der Waals surface area (Å²) in [4.78, 5) is 25.3. The number of benzene rings is 3. The summed E-state index contributed by atoms with van der Waals surface area (Å²) in [5.41, 5.74) is 3.70. The number of unbranched alkanes of at least 4 members (excludes halogenated alkanes) is 9. The Bertz CT molecular complexity index is 1570. The van der Waals surface area contributed by atoms with Crippen LogP contribution in [0.25, 0.3) is 0 Å². The number of methoxy groups -OCH3 is 1. The molecule has 0 fully saturated rings. The van der Waals surface area contributed by atoms with E-state index in [0.29, 0.717) is 41.7 Å². The minimum atomic E-state index is -0.490. The molecule has 0 aliphatic rings. The first-order valence-corrected chi connectivity index (χ1v) is 18.4. The number of rotatable bonds is 23. The van der Waals surface area contributed by atoms with Crippen LogP contribution >= 0.6 is 0 Å². The zero-order chi connectivity index (χ0) is 37.1. The van der Waals surface area contributed by atoms with Crippen LogP contribution in [0.1, 0.15) is 104 Å². The van der Waals surface area contributed by atoms with Crippen molar-refractivity contribution in [3.05, 3.63) is 76.3 Å². The lowest BCUT2D eigenvalue weighted by Crippen LogP contribution is -2.32. The number of hydrogen-bond acceptors (Lipinski definition) is 10. The Morgan fingerprint density at radius 1 is 0.765 bits per heavy atom. The van der Waals surface area contributed by atoms with Gasteiger partial charge in [-0.25, -0.2) is 0 Å². The molecule has 3 aromatic rings. The van der Waals surface area contributed by atoms with Crippen LogP contribution in [0.15, 0.2) is 81.1 Å². The van der Waals surface area contributed by atoms with Gasteiger partial charge in [-0.05, 0) is 81.6 Å². The van der Waals surface area contributed by atoms with E-state index in [-0.39, 0.29) is 11.7 Å². The molecule has 0 N–H and O–H groups in total. The van der Waals surface area contributed by atoms with E-state index in [0.717, 1.165) is 30.6 Å². The molecule has 0 bridgehead atoms. The first-order valence-electron chi connectivity index (χ1n) is 18.4. The highest BCUT2D eigenvalue weighted by molar-refractivity contribution is 5.75. The van der Waals surface area contributed by atoms with E-state index >= 15 is 0 Å². The van der Waals surface area contributed by atoms with Gasteiger partial charge < -0.3 is 14.4 Å². The predicted molar refractivity (Wildman–Crippen MR) is 205 cm³/mol. The molecule has 51 heavy (non-hydrogen) atoms. The fraction of sp³-hybridized carbons (Fsp3) is 0.525. The minimum absolute atomic E-state index is 0.0114. The molecule has 0 heterocycles. The molecule has 0 atom stereocenters. The van der Waals surface area contributed by atoms with Crippen molar-refractivity contribution in [3.8, 4) is 5.75 Å². The Labute approximate surface area is 303 Å². The third kappa shape index (κ3) is 13.9. The molecular weight excluding hydrogens is 644 g/mol. The Hall–Kier alpha value is -4.67. The summed E-state index contributed by atoms with van der Waals surface area (Å²) in [5.74, 6) is 0.313. The second-order valence-electron chi connectivity index (χ2n) is 13.5. The van der Waals surface area contributed by atoms with Gasteiger partial charge in [-0.1, -0.05) is 71.6 Å². The van der Waals surface area contributed by atoms with Crippen LogP contribution < -0.4 is 9.64 Å². The van der Waals surface area contributed by atoms with Gasteiger partial charge in [-0.15, -0.1) is 5.11 Å². The molecule has 0 radical (unpaired) electrons. The van der Waals surface area contributed by atoms with E-state index in [1.807, 2.05) is 58.0 Å². The van der Waals surface area contributed by atoms with Gasteiger partial charge in [0.25, 0.3) is 5.69 Å². The summed E-state index contributed by atoms with van der Waals surface area (Å²) >= 11 is 0. The van der Waals surface area contributed by atoms with Crippen molar-refractivity contribution in [2.24, 2.45) is 25.9 Å². The summed E-state index contributed by atoms with van der Waals surface area (Å²) < 4.78 is 11.2. The topological polar surface area (TPSA) is 131 Å². The lowest BCUT2D eigenvalue weighted by atomic mass is 9.91. The number of carbonyl (C=O) groups is 1. The molecule has 0 aromatic heterocycles. The molecule has 0 aliphatic heterocycles. The zero-order valence-corrected chi connectivity index (χ0v) is 31.4. The van der Waals surface area contributed by atoms with Crippen LogP contribution in [0.3, 0.4) is 0 Å². The van der Waals surface area contributed by atoms with Gasteiger partial charge in [0.05, 0.1) is 41.1 Å². The van der Waals surface area contributed by atoms with Crippen LogP contribution in [0.4, 0.5) is 34.1 Å². The number of hydrogen-bond donors (Lipinski definition) is 0. The van der Waals surface area contributed by atoms with E-state index in [4.69, 9.17) is 9.47 Å². The smallest absolute Gasteiger partial charge is 0.311 e. The number of azo groups is 2. The summed E-state index contributed by atoms with van der Waals surface area (Å²) in [6, 6.07) is 17.4. The van der Waals surface area contributed by atoms with Gasteiger partial charge in [0.2, 0.25) is 0 Å². The second kappa shape index (κ2) is 21.5. The van der Waals surface area contributed by atoms with E-state index in [9.17, 15) is 14.9 Å². The summed E-state index contributed by atoms with van der Waals surface area (Å²) in [6.45, 7) is 11.9. The van der Waals surface area contributed by atoms with E-state index in [2.05, 4.69) is 32.3 Å². The third-order valence-electron chi connectivity index (χ3n) is 9.13. The molecule has 0 spiro atoms. The van der Waals surface area contributed by atoms with Gasteiger partial charge in [0.15, 0.2) is 0 Å². The van der Waals surface area contributed by atoms with Crippen molar-refractivity contribution in [1.82, 2.24) is 0 Å². The Morgan fingerprint density at radius 3 is 1.86 bits per heavy atom. The molecular formula is C40H56N6O5. The molecule has 3 aromatic carbocycles. The molecule has 11 heteroatoms. The molecule has 0 aliphatic carbocycles. The number of aryl methyl sites for hydroxylation is 1. The van der Waals surface area contributed by atoms with Gasteiger partial charge in [0.1, 0.15) is 18.0 Å². The van der Waals surface area contributed by atoms with Crippen LogP contribution in [0, 0.1) is 22.5 Å². The summed E-state index contributed by atoms with van der Waals surface area (Å²) in [6.07, 6.45) is 13.5. The lowest BCUT2D eigenvalue weighted by Gasteiger charge is -2.26.